The molecule has 4 N–H and O–H groups in total. The van der Waals surface area contributed by atoms with Gasteiger partial charge in [0.2, 0.25) is 11.8 Å². The number of ether oxygens (including phenoxy) is 2. The van der Waals surface area contributed by atoms with Gasteiger partial charge in [-0.05, 0) is 36.1 Å². The Labute approximate surface area is 365 Å². The Hall–Kier alpha value is -8.53. The highest BCUT2D eigenvalue weighted by Gasteiger charge is 2.46. The summed E-state index contributed by atoms with van der Waals surface area (Å²) in [6.45, 7) is 1.68. The van der Waals surface area contributed by atoms with Crippen LogP contribution in [0.1, 0.15) is 36.1 Å². The fourth-order valence-corrected chi connectivity index (χ4v) is 5.82. The third kappa shape index (κ3) is 14.3. The maximum atomic E-state index is 13.5. The zero-order valence-corrected chi connectivity index (χ0v) is 34.5. The van der Waals surface area contributed by atoms with Crippen LogP contribution in [0.3, 0.4) is 0 Å². The lowest BCUT2D eigenvalue weighted by Crippen LogP contribution is -2.56. The normalized spacial score (nSPS) is 12.2. The average Bonchev–Trinajstić information content (AvgIpc) is 3.31. The van der Waals surface area contributed by atoms with Crippen LogP contribution in [0.5, 0.6) is 0 Å². The first-order valence-corrected chi connectivity index (χ1v) is 19.5. The van der Waals surface area contributed by atoms with Crippen molar-refractivity contribution >= 4 is 64.3 Å². The second-order valence-electron chi connectivity index (χ2n) is 14.0. The van der Waals surface area contributed by atoms with Crippen molar-refractivity contribution in [3.8, 4) is 0 Å². The van der Waals surface area contributed by atoms with Crippen molar-refractivity contribution in [3.63, 3.8) is 0 Å². The van der Waals surface area contributed by atoms with Gasteiger partial charge < -0.3 is 41.8 Å². The molecule has 0 aliphatic carbocycles. The number of esters is 2. The molecule has 0 spiro atoms. The summed E-state index contributed by atoms with van der Waals surface area (Å²) in [7, 11) is 0. The first-order chi connectivity index (χ1) is 30.7. The Morgan fingerprint density at radius 3 is 1.06 bits per heavy atom. The van der Waals surface area contributed by atoms with Crippen LogP contribution >= 0.6 is 0 Å². The molecule has 0 aromatic heterocycles. The first kappa shape index (κ1) is 48.1. The molecule has 0 heterocycles. The summed E-state index contributed by atoms with van der Waals surface area (Å²) in [5.74, 6) is -11.7. The third-order valence-corrected chi connectivity index (χ3v) is 9.21. The summed E-state index contributed by atoms with van der Waals surface area (Å²) < 4.78 is 10.1. The fourth-order valence-electron chi connectivity index (χ4n) is 5.82. The Bertz CT molecular complexity index is 2300. The van der Waals surface area contributed by atoms with Crippen LogP contribution in [0, 0.1) is 0 Å². The highest BCUT2D eigenvalue weighted by atomic mass is 16.5. The number of nitrogens with zero attached hydrogens (tertiary/aromatic N) is 4. The number of hydrogen-bond donors (Lipinski definition) is 4. The number of benzene rings is 4. The molecule has 4 aromatic rings. The van der Waals surface area contributed by atoms with Crippen molar-refractivity contribution in [1.29, 1.82) is 0 Å². The van der Waals surface area contributed by atoms with E-state index >= 15 is 0 Å². The molecule has 19 heteroatoms. The summed E-state index contributed by atoms with van der Waals surface area (Å²) in [5.41, 5.74) is 19.0. The molecule has 0 saturated carbocycles. The van der Waals surface area contributed by atoms with Gasteiger partial charge in [0, 0.05) is 12.8 Å². The van der Waals surface area contributed by atoms with Crippen LogP contribution in [-0.2, 0) is 78.7 Å². The Balaban J connectivity index is 1.42. The topological polar surface area (TPSA) is 293 Å². The summed E-state index contributed by atoms with van der Waals surface area (Å²) in [4.78, 5) is 123. The minimum Gasteiger partial charge on any atom is -0.454 e. The molecule has 4 rings (SSSR count). The number of carbonyl (C=O) groups is 9. The van der Waals surface area contributed by atoms with Gasteiger partial charge in [0.25, 0.3) is 11.6 Å². The molecule has 19 nitrogen and oxygen atoms in total. The lowest BCUT2D eigenvalue weighted by Gasteiger charge is -2.20. The number of nitrogens with one attached hydrogen (secondary N) is 4. The van der Waals surface area contributed by atoms with Crippen molar-refractivity contribution in [2.75, 3.05) is 0 Å². The van der Waals surface area contributed by atoms with Gasteiger partial charge in [-0.15, -0.1) is 0 Å². The lowest BCUT2D eigenvalue weighted by molar-refractivity contribution is -0.156. The minimum absolute atomic E-state index is 0.182. The molecule has 0 aliphatic heterocycles. The lowest BCUT2D eigenvalue weighted by atomic mass is 9.97. The molecular formula is C45H42N8O11. The van der Waals surface area contributed by atoms with Crippen molar-refractivity contribution in [2.24, 2.45) is 0 Å². The van der Waals surface area contributed by atoms with Crippen molar-refractivity contribution in [3.05, 3.63) is 155 Å². The SMILES string of the molecule is C[C@H](NC(=O)[C@H](Cc1ccccc1)NC(=O)C(=O)OCc1ccccc1)C(=O)C(=[N+]=[N-])C(=O)C(=[N+]=[N-])C(=O)[C@H](C)NC(=O)[C@H](Cc1ccccc1)NC(=O)C(=O)OCc1ccccc1. The van der Waals surface area contributed by atoms with Gasteiger partial charge in [0.15, 0.2) is 0 Å². The van der Waals surface area contributed by atoms with Crippen LogP contribution in [0.2, 0.25) is 0 Å². The maximum Gasteiger partial charge on any atom is 0.415 e. The van der Waals surface area contributed by atoms with Gasteiger partial charge in [0.05, 0.1) is 12.1 Å². The van der Waals surface area contributed by atoms with Crippen LogP contribution in [-0.4, -0.2) is 98.1 Å². The molecule has 328 valence electrons. The van der Waals surface area contributed by atoms with E-state index in [1.807, 2.05) is 0 Å². The van der Waals surface area contributed by atoms with Crippen molar-refractivity contribution < 1.29 is 62.2 Å². The van der Waals surface area contributed by atoms with E-state index in [-0.39, 0.29) is 26.1 Å². The Morgan fingerprint density at radius 2 is 0.766 bits per heavy atom. The highest BCUT2D eigenvalue weighted by molar-refractivity contribution is 6.87. The van der Waals surface area contributed by atoms with Gasteiger partial charge in [-0.25, -0.2) is 9.59 Å². The monoisotopic (exact) mass is 870 g/mol. The molecular weight excluding hydrogens is 829 g/mol. The molecule has 0 unspecified atom stereocenters. The molecule has 0 bridgehead atoms. The molecule has 4 aromatic carbocycles. The van der Waals surface area contributed by atoms with Crippen molar-refractivity contribution in [1.82, 2.24) is 21.3 Å². The van der Waals surface area contributed by atoms with E-state index in [4.69, 9.17) is 9.47 Å². The number of Topliss-reactive ketones (excluding diaryl/α,β-unsaturated/α-hetero) is 3. The maximum absolute atomic E-state index is 13.5. The molecule has 64 heavy (non-hydrogen) atoms. The summed E-state index contributed by atoms with van der Waals surface area (Å²) in [6, 6.07) is 27.1. The van der Waals surface area contributed by atoms with Gasteiger partial charge >= 0.3 is 41.0 Å². The van der Waals surface area contributed by atoms with E-state index in [2.05, 4.69) is 30.8 Å². The standard InChI is InChI=1S/C45H42N8O11/c1-27(48-40(57)33(23-29-15-7-3-8-16-29)50-42(59)44(61)63-25-31-19-11-5-12-20-31)37(54)35(52-46)39(56)36(53-47)38(55)28(2)49-41(58)34(24-30-17-9-4-10-18-30)51-43(60)45(62)64-26-32-21-13-6-14-22-32/h3-22,27-28,33-34H,23-26H2,1-2H3,(H,48,57)(H,49,58)(H,50,59)(H,51,60)/t27-,28-,33-,34-/m0/s1. The number of amides is 4. The zero-order chi connectivity index (χ0) is 46.6. The molecule has 4 amide bonds. The average molecular weight is 871 g/mol. The Morgan fingerprint density at radius 1 is 0.469 bits per heavy atom. The van der Waals surface area contributed by atoms with Crippen LogP contribution in [0.15, 0.2) is 121 Å². The minimum atomic E-state index is -1.72. The fraction of sp³-hybridized carbons (Fsp3) is 0.222. The third-order valence-electron chi connectivity index (χ3n) is 9.21. The molecule has 0 saturated heterocycles. The van der Waals surface area contributed by atoms with Crippen LogP contribution in [0.25, 0.3) is 11.1 Å². The van der Waals surface area contributed by atoms with E-state index in [0.717, 1.165) is 13.8 Å². The molecule has 0 aliphatic rings. The van der Waals surface area contributed by atoms with E-state index in [1.54, 1.807) is 121 Å². The predicted octanol–water partition coefficient (Wildman–Crippen LogP) is 0.987. The summed E-state index contributed by atoms with van der Waals surface area (Å²) in [6.07, 6.45) is -0.363. The van der Waals surface area contributed by atoms with Crippen LogP contribution < -0.4 is 21.3 Å². The highest BCUT2D eigenvalue weighted by Crippen LogP contribution is 2.08. The van der Waals surface area contributed by atoms with Gasteiger partial charge in [-0.2, -0.15) is 9.58 Å². The van der Waals surface area contributed by atoms with Crippen LogP contribution in [0.4, 0.5) is 0 Å². The molecule has 4 atom stereocenters. The van der Waals surface area contributed by atoms with E-state index < -0.39 is 88.5 Å². The molecule has 0 fully saturated rings. The largest absolute Gasteiger partial charge is 0.454 e. The summed E-state index contributed by atoms with van der Waals surface area (Å²) in [5, 5.41) is 9.08. The zero-order valence-electron chi connectivity index (χ0n) is 34.5. The second-order valence-corrected chi connectivity index (χ2v) is 14.0. The Kier molecular flexibility index (Phi) is 18.1. The molecule has 0 radical (unpaired) electrons. The van der Waals surface area contributed by atoms with Crippen molar-refractivity contribution in [2.45, 2.75) is 64.1 Å². The van der Waals surface area contributed by atoms with Gasteiger partial charge in [0.1, 0.15) is 25.3 Å². The van der Waals surface area contributed by atoms with E-state index in [1.165, 1.54) is 0 Å². The number of ketones is 3. The van der Waals surface area contributed by atoms with Gasteiger partial charge in [-0.1, -0.05) is 121 Å². The smallest absolute Gasteiger partial charge is 0.415 e. The van der Waals surface area contributed by atoms with E-state index in [9.17, 15) is 54.2 Å². The number of rotatable bonds is 20. The number of hydrogen-bond acceptors (Lipinski definition) is 11. The summed E-state index contributed by atoms with van der Waals surface area (Å²) >= 11 is 0. The van der Waals surface area contributed by atoms with Gasteiger partial charge in [-0.3, -0.25) is 33.6 Å². The quantitative estimate of drug-likeness (QED) is 0.0243. The number of carbonyl (C=O) groups excluding carboxylic acids is 9. The van der Waals surface area contributed by atoms with E-state index in [0.29, 0.717) is 22.3 Å². The second kappa shape index (κ2) is 24.0. The predicted molar refractivity (Wildman–Crippen MR) is 224 cm³/mol. The first-order valence-electron chi connectivity index (χ1n) is 19.5.